The Morgan fingerprint density at radius 2 is 1.84 bits per heavy atom. The molecule has 0 bridgehead atoms. The Morgan fingerprint density at radius 3 is 2.58 bits per heavy atom. The van der Waals surface area contributed by atoms with E-state index in [1.165, 1.54) is 16.8 Å². The summed E-state index contributed by atoms with van der Waals surface area (Å²) >= 11 is 0. The molecule has 1 saturated heterocycles. The molecule has 0 unspecified atom stereocenters. The van der Waals surface area contributed by atoms with Crippen molar-refractivity contribution in [3.05, 3.63) is 58.7 Å². The number of benzene rings is 2. The topological polar surface area (TPSA) is 61.9 Å². The first-order valence-corrected chi connectivity index (χ1v) is 12.6. The van der Waals surface area contributed by atoms with Crippen molar-refractivity contribution in [3.8, 4) is 0 Å². The maximum Gasteiger partial charge on any atom is 0.240 e. The number of nitrogens with zero attached hydrogens (tertiary/aromatic N) is 2. The molecule has 0 amide bonds. The molecule has 1 atom stereocenters. The standard InChI is InChI=1S/C24H33N3O3S/c1-18-6-9-24(19(2)15-18)31(28,29)25-17-23(27-11-13-30-14-12-27)21-7-8-22-20(16-21)5-4-10-26(22)3/h6-9,15-16,23,25H,4-5,10-14,17H2,1-3H3/t23-/m1/s1. The molecule has 0 saturated carbocycles. The summed E-state index contributed by atoms with van der Waals surface area (Å²) in [6, 6.07) is 12.1. The Kier molecular flexibility index (Phi) is 6.67. The molecule has 6 nitrogen and oxygen atoms in total. The van der Waals surface area contributed by atoms with Crippen molar-refractivity contribution in [2.24, 2.45) is 0 Å². The van der Waals surface area contributed by atoms with E-state index in [2.05, 4.69) is 39.8 Å². The van der Waals surface area contributed by atoms with E-state index in [9.17, 15) is 8.42 Å². The number of anilines is 1. The largest absolute Gasteiger partial charge is 0.379 e. The molecule has 0 spiro atoms. The Hall–Kier alpha value is -1.93. The van der Waals surface area contributed by atoms with Crippen molar-refractivity contribution in [1.29, 1.82) is 0 Å². The van der Waals surface area contributed by atoms with Crippen LogP contribution in [0.5, 0.6) is 0 Å². The lowest BCUT2D eigenvalue weighted by Crippen LogP contribution is -2.44. The highest BCUT2D eigenvalue weighted by Crippen LogP contribution is 2.31. The van der Waals surface area contributed by atoms with E-state index in [1.807, 2.05) is 26.0 Å². The molecule has 0 aliphatic carbocycles. The maximum absolute atomic E-state index is 13.1. The minimum absolute atomic E-state index is 0.0260. The molecule has 31 heavy (non-hydrogen) atoms. The van der Waals surface area contributed by atoms with E-state index in [1.54, 1.807) is 6.07 Å². The highest BCUT2D eigenvalue weighted by molar-refractivity contribution is 7.89. The summed E-state index contributed by atoms with van der Waals surface area (Å²) in [5, 5.41) is 0. The molecular formula is C24H33N3O3S. The third-order valence-corrected chi connectivity index (χ3v) is 8.00. The molecular weight excluding hydrogens is 410 g/mol. The summed E-state index contributed by atoms with van der Waals surface area (Å²) in [6.45, 7) is 8.18. The van der Waals surface area contributed by atoms with Crippen LogP contribution >= 0.6 is 0 Å². The van der Waals surface area contributed by atoms with Crippen LogP contribution in [0, 0.1) is 13.8 Å². The zero-order valence-electron chi connectivity index (χ0n) is 18.7. The van der Waals surface area contributed by atoms with Gasteiger partial charge in [-0.1, -0.05) is 29.8 Å². The molecule has 0 radical (unpaired) electrons. The third-order valence-electron chi connectivity index (χ3n) is 6.41. The Morgan fingerprint density at radius 1 is 1.06 bits per heavy atom. The van der Waals surface area contributed by atoms with E-state index in [-0.39, 0.29) is 6.04 Å². The summed E-state index contributed by atoms with van der Waals surface area (Å²) in [5.74, 6) is 0. The van der Waals surface area contributed by atoms with Crippen LogP contribution < -0.4 is 9.62 Å². The van der Waals surface area contributed by atoms with Gasteiger partial charge in [-0.2, -0.15) is 0 Å². The highest BCUT2D eigenvalue weighted by atomic mass is 32.2. The Bertz CT molecular complexity index is 1030. The van der Waals surface area contributed by atoms with Crippen molar-refractivity contribution in [3.63, 3.8) is 0 Å². The SMILES string of the molecule is Cc1ccc(S(=O)(=O)NC[C@H](c2ccc3c(c2)CCCN3C)N2CCOCC2)c(C)c1. The van der Waals surface area contributed by atoms with Gasteiger partial charge in [-0.3, -0.25) is 4.90 Å². The van der Waals surface area contributed by atoms with Crippen molar-refractivity contribution in [2.45, 2.75) is 37.6 Å². The number of sulfonamides is 1. The predicted molar refractivity (Wildman–Crippen MR) is 124 cm³/mol. The number of morpholine rings is 1. The Labute approximate surface area is 186 Å². The van der Waals surface area contributed by atoms with Gasteiger partial charge < -0.3 is 9.64 Å². The van der Waals surface area contributed by atoms with Gasteiger partial charge in [0.05, 0.1) is 18.1 Å². The van der Waals surface area contributed by atoms with E-state index in [0.29, 0.717) is 24.7 Å². The molecule has 2 aliphatic rings. The zero-order chi connectivity index (χ0) is 22.0. The summed E-state index contributed by atoms with van der Waals surface area (Å²) in [7, 11) is -1.46. The monoisotopic (exact) mass is 443 g/mol. The lowest BCUT2D eigenvalue weighted by Gasteiger charge is -2.36. The van der Waals surface area contributed by atoms with Crippen LogP contribution in [0.3, 0.4) is 0 Å². The number of nitrogens with one attached hydrogen (secondary N) is 1. The number of aryl methyl sites for hydroxylation is 3. The molecule has 168 valence electrons. The van der Waals surface area contributed by atoms with E-state index in [0.717, 1.165) is 43.6 Å². The van der Waals surface area contributed by atoms with Crippen LogP contribution in [0.15, 0.2) is 41.3 Å². The van der Waals surface area contributed by atoms with Crippen molar-refractivity contribution >= 4 is 15.7 Å². The van der Waals surface area contributed by atoms with Gasteiger partial charge in [0.15, 0.2) is 0 Å². The fraction of sp³-hybridized carbons (Fsp3) is 0.500. The van der Waals surface area contributed by atoms with E-state index >= 15 is 0 Å². The molecule has 4 rings (SSSR count). The smallest absolute Gasteiger partial charge is 0.240 e. The number of hydrogen-bond acceptors (Lipinski definition) is 5. The molecule has 2 aromatic carbocycles. The second-order valence-corrected chi connectivity index (χ2v) is 10.4. The van der Waals surface area contributed by atoms with Crippen molar-refractivity contribution < 1.29 is 13.2 Å². The first-order valence-electron chi connectivity index (χ1n) is 11.1. The average molecular weight is 444 g/mol. The van der Waals surface area contributed by atoms with Crippen molar-refractivity contribution in [1.82, 2.24) is 9.62 Å². The predicted octanol–water partition coefficient (Wildman–Crippen LogP) is 3.04. The van der Waals surface area contributed by atoms with Crippen LogP contribution in [0.4, 0.5) is 5.69 Å². The molecule has 0 aromatic heterocycles. The Balaban J connectivity index is 1.60. The van der Waals surface area contributed by atoms with Gasteiger partial charge in [0.1, 0.15) is 0 Å². The maximum atomic E-state index is 13.1. The van der Waals surface area contributed by atoms with Crippen LogP contribution in [0.2, 0.25) is 0 Å². The van der Waals surface area contributed by atoms with Crippen LogP contribution in [0.25, 0.3) is 0 Å². The molecule has 1 N–H and O–H groups in total. The van der Waals surface area contributed by atoms with Crippen molar-refractivity contribution in [2.75, 3.05) is 51.3 Å². The second kappa shape index (κ2) is 9.28. The lowest BCUT2D eigenvalue weighted by molar-refractivity contribution is 0.0172. The summed E-state index contributed by atoms with van der Waals surface area (Å²) in [4.78, 5) is 4.99. The summed E-state index contributed by atoms with van der Waals surface area (Å²) < 4.78 is 34.6. The normalized spacial score (nSPS) is 18.6. The quantitative estimate of drug-likeness (QED) is 0.744. The van der Waals surface area contributed by atoms with Gasteiger partial charge in [-0.25, -0.2) is 13.1 Å². The number of rotatable bonds is 6. The van der Waals surface area contributed by atoms with Crippen LogP contribution in [0.1, 0.15) is 34.7 Å². The van der Waals surface area contributed by atoms with Crippen LogP contribution in [-0.2, 0) is 21.2 Å². The van der Waals surface area contributed by atoms with Gasteiger partial charge in [-0.05, 0) is 55.5 Å². The first-order chi connectivity index (χ1) is 14.8. The molecule has 1 fully saturated rings. The number of ether oxygens (including phenoxy) is 1. The zero-order valence-corrected chi connectivity index (χ0v) is 19.5. The minimum atomic E-state index is -3.59. The fourth-order valence-corrected chi connectivity index (χ4v) is 5.99. The van der Waals surface area contributed by atoms with Gasteiger partial charge >= 0.3 is 0 Å². The first kappa shape index (κ1) is 22.3. The van der Waals surface area contributed by atoms with Gasteiger partial charge in [0.25, 0.3) is 0 Å². The van der Waals surface area contributed by atoms with Gasteiger partial charge in [-0.15, -0.1) is 0 Å². The molecule has 7 heteroatoms. The summed E-state index contributed by atoms with van der Waals surface area (Å²) in [6.07, 6.45) is 2.21. The highest BCUT2D eigenvalue weighted by Gasteiger charge is 2.27. The molecule has 2 heterocycles. The minimum Gasteiger partial charge on any atom is -0.379 e. The lowest BCUT2D eigenvalue weighted by atomic mass is 9.96. The second-order valence-electron chi connectivity index (χ2n) is 8.70. The van der Waals surface area contributed by atoms with Gasteiger partial charge in [0, 0.05) is 45.0 Å². The third kappa shape index (κ3) is 4.95. The van der Waals surface area contributed by atoms with E-state index < -0.39 is 10.0 Å². The van der Waals surface area contributed by atoms with Crippen LogP contribution in [-0.4, -0.2) is 59.8 Å². The number of fused-ring (bicyclic) bond motifs is 1. The average Bonchev–Trinajstić information content (AvgIpc) is 2.74. The van der Waals surface area contributed by atoms with E-state index in [4.69, 9.17) is 4.74 Å². The number of hydrogen-bond donors (Lipinski definition) is 1. The fourth-order valence-electron chi connectivity index (χ4n) is 4.73. The van der Waals surface area contributed by atoms with Gasteiger partial charge in [0.2, 0.25) is 10.0 Å². The molecule has 2 aliphatic heterocycles. The molecule has 2 aromatic rings. The summed E-state index contributed by atoms with van der Waals surface area (Å²) in [5.41, 5.74) is 5.63.